The molecule has 0 fully saturated rings. The summed E-state index contributed by atoms with van der Waals surface area (Å²) in [6.45, 7) is 4.45. The van der Waals surface area contributed by atoms with Crippen LogP contribution in [0.15, 0.2) is 0 Å². The molecule has 0 bridgehead atoms. The molecule has 0 rings (SSSR count). The first-order valence-electron chi connectivity index (χ1n) is 3.56. The van der Waals surface area contributed by atoms with Crippen molar-refractivity contribution in [2.45, 2.75) is 37.2 Å². The monoisotopic (exact) mass is 177 g/mol. The maximum atomic E-state index is 5.88. The average Bonchev–Trinajstić information content (AvgIpc) is 1.68. The zero-order chi connectivity index (χ0) is 6.41. The first-order valence-corrected chi connectivity index (χ1v) is 8.39. The number of nitrogens with two attached hydrogens (primary N) is 1. The molecule has 0 unspecified atom stereocenters. The molecule has 0 aliphatic heterocycles. The normalized spacial score (nSPS) is 10.5. The standard InChI is InChI=1S/C6H17GeN/c1-3-5-7(8)6-4-2/h7H,3-6,8H2,1-2H3. The summed E-state index contributed by atoms with van der Waals surface area (Å²) in [6, 6.07) is 0. The van der Waals surface area contributed by atoms with Crippen LogP contribution in [0.5, 0.6) is 0 Å². The van der Waals surface area contributed by atoms with E-state index < -0.39 is 14.6 Å². The Balaban J connectivity index is 2.92. The van der Waals surface area contributed by atoms with Gasteiger partial charge in [-0.15, -0.1) is 0 Å². The molecule has 0 spiro atoms. The van der Waals surface area contributed by atoms with Crippen molar-refractivity contribution in [3.63, 3.8) is 0 Å². The molecule has 0 aromatic carbocycles. The average molecular weight is 176 g/mol. The third-order valence-electron chi connectivity index (χ3n) is 1.32. The van der Waals surface area contributed by atoms with E-state index in [1.807, 2.05) is 0 Å². The third-order valence-corrected chi connectivity index (χ3v) is 6.85. The van der Waals surface area contributed by atoms with E-state index >= 15 is 0 Å². The van der Waals surface area contributed by atoms with Gasteiger partial charge in [0.2, 0.25) is 0 Å². The fourth-order valence-corrected chi connectivity index (χ4v) is 4.60. The van der Waals surface area contributed by atoms with Crippen LogP contribution in [0.25, 0.3) is 0 Å². The molecule has 0 radical (unpaired) electrons. The van der Waals surface area contributed by atoms with Gasteiger partial charge in [-0.1, -0.05) is 0 Å². The first-order chi connectivity index (χ1) is 3.81. The van der Waals surface area contributed by atoms with Crippen LogP contribution in [-0.2, 0) is 0 Å². The van der Waals surface area contributed by atoms with Crippen molar-refractivity contribution in [3.05, 3.63) is 0 Å². The van der Waals surface area contributed by atoms with E-state index in [1.165, 1.54) is 23.3 Å². The van der Waals surface area contributed by atoms with E-state index in [4.69, 9.17) is 4.69 Å². The van der Waals surface area contributed by atoms with Gasteiger partial charge in [0.25, 0.3) is 0 Å². The summed E-state index contributed by atoms with van der Waals surface area (Å²) in [7, 11) is 0. The summed E-state index contributed by atoms with van der Waals surface area (Å²) >= 11 is -1.11. The second-order valence-corrected chi connectivity index (χ2v) is 7.95. The molecular weight excluding hydrogens is 159 g/mol. The van der Waals surface area contributed by atoms with Crippen LogP contribution in [0, 0.1) is 0 Å². The SMILES string of the molecule is CC[CH2][GeH]([NH2])[CH2]CC. The summed E-state index contributed by atoms with van der Waals surface area (Å²) in [6.07, 6.45) is 2.61. The van der Waals surface area contributed by atoms with Gasteiger partial charge in [-0.3, -0.25) is 0 Å². The Hall–Kier alpha value is 0.503. The quantitative estimate of drug-likeness (QED) is 0.644. The molecular formula is C6H17GeN. The minimum absolute atomic E-state index is 1.11. The van der Waals surface area contributed by atoms with Crippen LogP contribution < -0.4 is 4.69 Å². The Labute approximate surface area is 57.0 Å². The van der Waals surface area contributed by atoms with Crippen molar-refractivity contribution in [1.82, 2.24) is 0 Å². The number of rotatable bonds is 4. The van der Waals surface area contributed by atoms with Gasteiger partial charge >= 0.3 is 56.5 Å². The second-order valence-electron chi connectivity index (χ2n) is 2.34. The van der Waals surface area contributed by atoms with Gasteiger partial charge in [0.15, 0.2) is 0 Å². The van der Waals surface area contributed by atoms with Crippen molar-refractivity contribution in [1.29, 1.82) is 0 Å². The van der Waals surface area contributed by atoms with Crippen LogP contribution in [0.1, 0.15) is 26.7 Å². The number of hydrogen-bond acceptors (Lipinski definition) is 1. The molecule has 0 aromatic rings. The van der Waals surface area contributed by atoms with Gasteiger partial charge in [-0.05, 0) is 0 Å². The Morgan fingerprint density at radius 1 is 1.12 bits per heavy atom. The summed E-state index contributed by atoms with van der Waals surface area (Å²) in [5.41, 5.74) is 0. The Bertz CT molecular complexity index is 41.8. The van der Waals surface area contributed by atoms with Crippen LogP contribution >= 0.6 is 0 Å². The molecule has 0 aromatic heterocycles. The molecule has 8 heavy (non-hydrogen) atoms. The zero-order valence-electron chi connectivity index (χ0n) is 5.98. The topological polar surface area (TPSA) is 26.0 Å². The van der Waals surface area contributed by atoms with Crippen LogP contribution in [0.2, 0.25) is 10.5 Å². The van der Waals surface area contributed by atoms with Gasteiger partial charge in [0, 0.05) is 0 Å². The molecule has 0 saturated heterocycles. The van der Waals surface area contributed by atoms with E-state index in [9.17, 15) is 0 Å². The molecule has 2 N–H and O–H groups in total. The molecule has 0 heterocycles. The van der Waals surface area contributed by atoms with Crippen LogP contribution in [0.3, 0.4) is 0 Å². The van der Waals surface area contributed by atoms with Crippen LogP contribution in [0.4, 0.5) is 0 Å². The zero-order valence-corrected chi connectivity index (χ0v) is 8.41. The molecule has 0 atom stereocenters. The Kier molecular flexibility index (Phi) is 5.99. The van der Waals surface area contributed by atoms with E-state index in [2.05, 4.69) is 13.8 Å². The molecule has 2 heteroatoms. The minimum atomic E-state index is -1.11. The molecule has 0 saturated carbocycles. The summed E-state index contributed by atoms with van der Waals surface area (Å²) in [5, 5.41) is 2.75. The van der Waals surface area contributed by atoms with Crippen molar-refractivity contribution in [2.24, 2.45) is 4.69 Å². The Morgan fingerprint density at radius 3 is 1.75 bits per heavy atom. The van der Waals surface area contributed by atoms with Crippen molar-refractivity contribution in [3.8, 4) is 0 Å². The van der Waals surface area contributed by atoms with Gasteiger partial charge in [0.1, 0.15) is 0 Å². The van der Waals surface area contributed by atoms with Gasteiger partial charge in [0.05, 0.1) is 0 Å². The predicted molar refractivity (Wildman–Crippen MR) is 41.5 cm³/mol. The second kappa shape index (κ2) is 5.64. The van der Waals surface area contributed by atoms with Gasteiger partial charge in [-0.2, -0.15) is 0 Å². The first kappa shape index (κ1) is 8.50. The molecule has 0 aliphatic carbocycles. The fraction of sp³-hybridized carbons (Fsp3) is 1.00. The maximum absolute atomic E-state index is 5.88. The van der Waals surface area contributed by atoms with E-state index in [1.54, 1.807) is 0 Å². The van der Waals surface area contributed by atoms with Crippen LogP contribution in [-0.4, -0.2) is 14.6 Å². The summed E-state index contributed by atoms with van der Waals surface area (Å²) < 4.78 is 5.88. The third kappa shape index (κ3) is 4.66. The van der Waals surface area contributed by atoms with E-state index in [-0.39, 0.29) is 0 Å². The van der Waals surface area contributed by atoms with Crippen molar-refractivity contribution < 1.29 is 0 Å². The Morgan fingerprint density at radius 2 is 1.50 bits per heavy atom. The molecule has 50 valence electrons. The van der Waals surface area contributed by atoms with E-state index in [0.29, 0.717) is 0 Å². The number of hydrogen-bond donors (Lipinski definition) is 1. The van der Waals surface area contributed by atoms with Gasteiger partial charge in [-0.25, -0.2) is 0 Å². The summed E-state index contributed by atoms with van der Waals surface area (Å²) in [5.74, 6) is 0. The van der Waals surface area contributed by atoms with Crippen molar-refractivity contribution >= 4 is 14.6 Å². The summed E-state index contributed by atoms with van der Waals surface area (Å²) in [4.78, 5) is 0. The van der Waals surface area contributed by atoms with E-state index in [0.717, 1.165) is 0 Å². The fourth-order valence-electron chi connectivity index (χ4n) is 0.886. The molecule has 1 nitrogen and oxygen atoms in total. The van der Waals surface area contributed by atoms with Gasteiger partial charge < -0.3 is 0 Å². The predicted octanol–water partition coefficient (Wildman–Crippen LogP) is 1.49. The molecule has 0 amide bonds. The van der Waals surface area contributed by atoms with Crippen molar-refractivity contribution in [2.75, 3.05) is 0 Å². The molecule has 0 aliphatic rings.